The van der Waals surface area contributed by atoms with Gasteiger partial charge in [-0.15, -0.1) is 0 Å². The molecular formula is C34H36Cl2F3NO5. The Morgan fingerprint density at radius 3 is 2.00 bits per heavy atom. The summed E-state index contributed by atoms with van der Waals surface area (Å²) < 4.78 is 45.6. The van der Waals surface area contributed by atoms with E-state index in [-0.39, 0.29) is 25.0 Å². The molecule has 0 saturated carbocycles. The molecule has 0 bridgehead atoms. The van der Waals surface area contributed by atoms with Gasteiger partial charge in [0.05, 0.1) is 7.11 Å². The van der Waals surface area contributed by atoms with Gasteiger partial charge < -0.3 is 15.2 Å². The maximum absolute atomic E-state index is 13.9. The second-order valence-corrected chi connectivity index (χ2v) is 12.2. The van der Waals surface area contributed by atoms with E-state index in [4.69, 9.17) is 27.9 Å². The standard InChI is InChI=1S/C34H36Cl2F3NO5/c1-20(2)29(32(43)34(37,38)39)19-30(42)31(23-10-12-28(45-3)13-11-23)40-33(44)24(14-21-6-4-8-25(35)15-21)18-27(41)17-22-7-5-9-26(36)16-22/h4-13,15-16,20,24,29,31-32,43H,14,17-19H2,1-3H3,(H,40,44)/t24-,29+,31+,32+/m1/s1. The predicted molar refractivity (Wildman–Crippen MR) is 167 cm³/mol. The van der Waals surface area contributed by atoms with Gasteiger partial charge in [0, 0.05) is 41.1 Å². The summed E-state index contributed by atoms with van der Waals surface area (Å²) >= 11 is 12.2. The highest BCUT2D eigenvalue weighted by atomic mass is 35.5. The summed E-state index contributed by atoms with van der Waals surface area (Å²) in [4.78, 5) is 40.7. The molecule has 0 aliphatic carbocycles. The predicted octanol–water partition coefficient (Wildman–Crippen LogP) is 7.37. The van der Waals surface area contributed by atoms with Crippen LogP contribution in [-0.2, 0) is 27.2 Å². The molecular weight excluding hydrogens is 630 g/mol. The van der Waals surface area contributed by atoms with Crippen LogP contribution in [0.3, 0.4) is 0 Å². The number of aliphatic hydroxyl groups excluding tert-OH is 1. The Balaban J connectivity index is 1.93. The zero-order valence-electron chi connectivity index (χ0n) is 25.1. The van der Waals surface area contributed by atoms with Crippen LogP contribution in [0.15, 0.2) is 72.8 Å². The Bertz CT molecular complexity index is 1460. The highest BCUT2D eigenvalue weighted by molar-refractivity contribution is 6.30. The van der Waals surface area contributed by atoms with E-state index in [2.05, 4.69) is 5.32 Å². The minimum absolute atomic E-state index is 0.0200. The fourth-order valence-electron chi connectivity index (χ4n) is 5.14. The zero-order valence-corrected chi connectivity index (χ0v) is 26.6. The number of alkyl halides is 3. The van der Waals surface area contributed by atoms with E-state index in [9.17, 15) is 32.7 Å². The van der Waals surface area contributed by atoms with Crippen molar-refractivity contribution in [2.24, 2.45) is 17.8 Å². The van der Waals surface area contributed by atoms with Crippen molar-refractivity contribution >= 4 is 40.7 Å². The van der Waals surface area contributed by atoms with Crippen molar-refractivity contribution in [2.45, 2.75) is 57.9 Å². The largest absolute Gasteiger partial charge is 0.497 e. The Morgan fingerprint density at radius 2 is 1.47 bits per heavy atom. The van der Waals surface area contributed by atoms with Crippen LogP contribution in [0.4, 0.5) is 13.2 Å². The lowest BCUT2D eigenvalue weighted by atomic mass is 9.83. The summed E-state index contributed by atoms with van der Waals surface area (Å²) in [6.07, 6.45) is -8.37. The molecule has 0 aromatic heterocycles. The average Bonchev–Trinajstić information content (AvgIpc) is 2.97. The van der Waals surface area contributed by atoms with Gasteiger partial charge in [-0.1, -0.05) is 73.4 Å². The number of ether oxygens (including phenoxy) is 1. The van der Waals surface area contributed by atoms with Crippen molar-refractivity contribution in [1.29, 1.82) is 0 Å². The van der Waals surface area contributed by atoms with E-state index in [0.717, 1.165) is 0 Å². The van der Waals surface area contributed by atoms with E-state index in [1.54, 1.807) is 60.7 Å². The van der Waals surface area contributed by atoms with Crippen LogP contribution in [0.25, 0.3) is 0 Å². The lowest BCUT2D eigenvalue weighted by molar-refractivity contribution is -0.224. The molecule has 3 aromatic rings. The minimum atomic E-state index is -4.93. The first kappa shape index (κ1) is 36.1. The van der Waals surface area contributed by atoms with Gasteiger partial charge in [-0.25, -0.2) is 0 Å². The van der Waals surface area contributed by atoms with E-state index < -0.39 is 54.2 Å². The maximum Gasteiger partial charge on any atom is 0.414 e. The summed E-state index contributed by atoms with van der Waals surface area (Å²) in [7, 11) is 1.45. The summed E-state index contributed by atoms with van der Waals surface area (Å²) in [5.74, 6) is -4.22. The first-order valence-corrected chi connectivity index (χ1v) is 15.2. The number of amides is 1. The molecule has 0 saturated heterocycles. The minimum Gasteiger partial charge on any atom is -0.497 e. The van der Waals surface area contributed by atoms with Crippen LogP contribution in [0.2, 0.25) is 10.0 Å². The highest BCUT2D eigenvalue weighted by Crippen LogP contribution is 2.34. The molecule has 2 N–H and O–H groups in total. The molecule has 0 aliphatic rings. The van der Waals surface area contributed by atoms with E-state index >= 15 is 0 Å². The van der Waals surface area contributed by atoms with Crippen LogP contribution in [0.5, 0.6) is 5.75 Å². The monoisotopic (exact) mass is 665 g/mol. The number of Topliss-reactive ketones (excluding diaryl/α,β-unsaturated/α-hetero) is 2. The van der Waals surface area contributed by atoms with Gasteiger partial charge in [0.15, 0.2) is 11.9 Å². The number of carbonyl (C=O) groups excluding carboxylic acids is 3. The van der Waals surface area contributed by atoms with E-state index in [0.29, 0.717) is 32.5 Å². The Hall–Kier alpha value is -3.40. The molecule has 3 rings (SSSR count). The van der Waals surface area contributed by atoms with Crippen LogP contribution in [0, 0.1) is 17.8 Å². The number of hydrogen-bond acceptors (Lipinski definition) is 5. The third-order valence-electron chi connectivity index (χ3n) is 7.60. The second-order valence-electron chi connectivity index (χ2n) is 11.4. The van der Waals surface area contributed by atoms with Gasteiger partial charge in [-0.2, -0.15) is 13.2 Å². The second kappa shape index (κ2) is 16.2. The molecule has 0 spiro atoms. The SMILES string of the molecule is COc1ccc([C@H](NC(=O)[C@@H](CC(=O)Cc2cccc(Cl)c2)Cc2cccc(Cl)c2)C(=O)C[C@@H](C(C)C)[C@H](O)C(F)(F)F)cc1. The van der Waals surface area contributed by atoms with Crippen LogP contribution in [-0.4, -0.2) is 42.0 Å². The molecule has 11 heteroatoms. The fraction of sp³-hybridized carbons (Fsp3) is 0.382. The smallest absolute Gasteiger partial charge is 0.414 e. The summed E-state index contributed by atoms with van der Waals surface area (Å²) in [6.45, 7) is 2.97. The summed E-state index contributed by atoms with van der Waals surface area (Å²) in [5, 5.41) is 13.6. The van der Waals surface area contributed by atoms with Crippen molar-refractivity contribution in [2.75, 3.05) is 7.11 Å². The van der Waals surface area contributed by atoms with Gasteiger partial charge >= 0.3 is 6.18 Å². The number of carbonyl (C=O) groups is 3. The number of nitrogens with one attached hydrogen (secondary N) is 1. The van der Waals surface area contributed by atoms with Gasteiger partial charge in [0.25, 0.3) is 0 Å². The molecule has 4 atom stereocenters. The highest BCUT2D eigenvalue weighted by Gasteiger charge is 2.45. The Labute approximate surface area is 270 Å². The molecule has 0 heterocycles. The number of methoxy groups -OCH3 is 1. The topological polar surface area (TPSA) is 92.7 Å². The van der Waals surface area contributed by atoms with Crippen molar-refractivity contribution in [3.05, 3.63) is 99.5 Å². The van der Waals surface area contributed by atoms with Gasteiger partial charge in [-0.05, 0) is 65.4 Å². The molecule has 0 radical (unpaired) electrons. The molecule has 3 aromatic carbocycles. The maximum atomic E-state index is 13.9. The van der Waals surface area contributed by atoms with Crippen LogP contribution >= 0.6 is 23.2 Å². The molecule has 0 aliphatic heterocycles. The number of halogens is 5. The third kappa shape index (κ3) is 10.9. The molecule has 45 heavy (non-hydrogen) atoms. The fourth-order valence-corrected chi connectivity index (χ4v) is 5.56. The van der Waals surface area contributed by atoms with Crippen molar-refractivity contribution < 1.29 is 37.4 Å². The summed E-state index contributed by atoms with van der Waals surface area (Å²) in [6, 6.07) is 18.4. The Kier molecular flexibility index (Phi) is 13.0. The molecule has 1 amide bonds. The number of aliphatic hydroxyl groups is 1. The van der Waals surface area contributed by atoms with E-state index in [1.165, 1.54) is 33.1 Å². The normalized spacial score (nSPS) is 14.4. The van der Waals surface area contributed by atoms with Crippen LogP contribution in [0.1, 0.15) is 49.4 Å². The first-order chi connectivity index (χ1) is 21.2. The van der Waals surface area contributed by atoms with Gasteiger partial charge in [-0.3, -0.25) is 14.4 Å². The Morgan fingerprint density at radius 1 is 0.889 bits per heavy atom. The lowest BCUT2D eigenvalue weighted by Gasteiger charge is -2.29. The molecule has 0 fully saturated rings. The lowest BCUT2D eigenvalue weighted by Crippen LogP contribution is -2.43. The quantitative estimate of drug-likeness (QED) is 0.177. The zero-order chi connectivity index (χ0) is 33.3. The van der Waals surface area contributed by atoms with Gasteiger partial charge in [0.1, 0.15) is 17.6 Å². The third-order valence-corrected chi connectivity index (χ3v) is 8.07. The molecule has 6 nitrogen and oxygen atoms in total. The van der Waals surface area contributed by atoms with Gasteiger partial charge in [0.2, 0.25) is 5.91 Å². The van der Waals surface area contributed by atoms with Crippen LogP contribution < -0.4 is 10.1 Å². The molecule has 0 unspecified atom stereocenters. The molecule has 242 valence electrons. The average molecular weight is 667 g/mol. The first-order valence-electron chi connectivity index (χ1n) is 14.4. The van der Waals surface area contributed by atoms with Crippen molar-refractivity contribution in [3.63, 3.8) is 0 Å². The van der Waals surface area contributed by atoms with Crippen molar-refractivity contribution in [1.82, 2.24) is 5.32 Å². The van der Waals surface area contributed by atoms with E-state index in [1.807, 2.05) is 0 Å². The number of ketones is 2. The number of rotatable bonds is 15. The number of hydrogen-bond donors (Lipinski definition) is 2. The van der Waals surface area contributed by atoms with Crippen molar-refractivity contribution in [3.8, 4) is 5.75 Å². The summed E-state index contributed by atoms with van der Waals surface area (Å²) in [5.41, 5.74) is 1.66. The number of benzene rings is 3.